The van der Waals surface area contributed by atoms with Gasteiger partial charge in [0.2, 0.25) is 12.3 Å². The largest absolute Gasteiger partial charge is 0.416 e. The molecular formula is C16H20ClF5N2OS. The number of halogens is 6. The van der Waals surface area contributed by atoms with Gasteiger partial charge in [0.05, 0.1) is 17.0 Å². The van der Waals surface area contributed by atoms with E-state index in [0.717, 1.165) is 30.0 Å². The molecule has 2 N–H and O–H groups in total. The highest BCUT2D eigenvalue weighted by Crippen LogP contribution is 2.36. The molecule has 0 spiro atoms. The van der Waals surface area contributed by atoms with Crippen molar-refractivity contribution in [1.29, 1.82) is 0 Å². The van der Waals surface area contributed by atoms with E-state index < -0.39 is 23.9 Å². The van der Waals surface area contributed by atoms with E-state index in [1.807, 2.05) is 6.92 Å². The standard InChI is InChI=1S/C16H19F5N2OS.ClH/c1-9-6-10(4-5-22-9)15(24)23-12-7-11(16(19,20)21)2-3-13(12)25-8-14(17)18;/h2-3,7,9-10,14,22H,4-6,8H2,1H3,(H,23,24);1H/t9-,10-;/m0./s1. The maximum Gasteiger partial charge on any atom is 0.416 e. The zero-order chi connectivity index (χ0) is 18.6. The van der Waals surface area contributed by atoms with E-state index in [1.54, 1.807) is 0 Å². The fraction of sp³-hybridized carbons (Fsp3) is 0.562. The first-order chi connectivity index (χ1) is 11.7. The van der Waals surface area contributed by atoms with Crippen LogP contribution in [0.15, 0.2) is 23.1 Å². The number of amides is 1. The minimum atomic E-state index is -4.57. The zero-order valence-corrected chi connectivity index (χ0v) is 15.5. The number of benzene rings is 1. The number of anilines is 1. The number of piperidine rings is 1. The van der Waals surface area contributed by atoms with Crippen molar-refractivity contribution in [1.82, 2.24) is 5.32 Å². The first kappa shape index (κ1) is 23.0. The van der Waals surface area contributed by atoms with Crippen LogP contribution in [0.4, 0.5) is 27.6 Å². The quantitative estimate of drug-likeness (QED) is 0.532. The second-order valence-electron chi connectivity index (χ2n) is 5.98. The van der Waals surface area contributed by atoms with E-state index in [2.05, 4.69) is 10.6 Å². The average Bonchev–Trinajstić information content (AvgIpc) is 2.52. The Balaban J connectivity index is 0.00000338. The normalized spacial score (nSPS) is 20.6. The van der Waals surface area contributed by atoms with Crippen LogP contribution >= 0.6 is 24.2 Å². The Hall–Kier alpha value is -1.06. The number of alkyl halides is 5. The summed E-state index contributed by atoms with van der Waals surface area (Å²) in [5.41, 5.74) is -1.00. The molecule has 1 fully saturated rings. The maximum absolute atomic E-state index is 12.9. The van der Waals surface area contributed by atoms with Crippen LogP contribution in [0.3, 0.4) is 0 Å². The molecule has 2 atom stereocenters. The summed E-state index contributed by atoms with van der Waals surface area (Å²) in [6.07, 6.45) is -6.02. The van der Waals surface area contributed by atoms with E-state index in [-0.39, 0.29) is 40.9 Å². The molecule has 1 aliphatic heterocycles. The summed E-state index contributed by atoms with van der Waals surface area (Å²) in [5.74, 6) is -1.26. The lowest BCUT2D eigenvalue weighted by Crippen LogP contribution is -2.40. The maximum atomic E-state index is 12.9. The van der Waals surface area contributed by atoms with Gasteiger partial charge >= 0.3 is 6.18 Å². The van der Waals surface area contributed by atoms with Crippen molar-refractivity contribution in [3.8, 4) is 0 Å². The van der Waals surface area contributed by atoms with Crippen LogP contribution in [0.1, 0.15) is 25.3 Å². The molecule has 2 rings (SSSR count). The summed E-state index contributed by atoms with van der Waals surface area (Å²) in [5, 5.41) is 5.69. The highest BCUT2D eigenvalue weighted by Gasteiger charge is 2.32. The van der Waals surface area contributed by atoms with Gasteiger partial charge in [0.1, 0.15) is 0 Å². The van der Waals surface area contributed by atoms with Gasteiger partial charge in [-0.2, -0.15) is 13.2 Å². The average molecular weight is 419 g/mol. The highest BCUT2D eigenvalue weighted by atomic mass is 35.5. The fourth-order valence-corrected chi connectivity index (χ4v) is 3.42. The Bertz CT molecular complexity index is 615. The van der Waals surface area contributed by atoms with Gasteiger partial charge in [0, 0.05) is 16.9 Å². The fourth-order valence-electron chi connectivity index (χ4n) is 2.69. The summed E-state index contributed by atoms with van der Waals surface area (Å²) in [4.78, 5) is 12.6. The second kappa shape index (κ2) is 9.75. The van der Waals surface area contributed by atoms with E-state index in [1.165, 1.54) is 0 Å². The highest BCUT2D eigenvalue weighted by molar-refractivity contribution is 7.99. The third-order valence-electron chi connectivity index (χ3n) is 3.92. The van der Waals surface area contributed by atoms with Crippen molar-refractivity contribution in [3.63, 3.8) is 0 Å². The van der Waals surface area contributed by atoms with Crippen molar-refractivity contribution in [2.75, 3.05) is 17.6 Å². The molecule has 1 aromatic rings. The van der Waals surface area contributed by atoms with Crippen LogP contribution in [0.2, 0.25) is 0 Å². The van der Waals surface area contributed by atoms with Crippen molar-refractivity contribution in [3.05, 3.63) is 23.8 Å². The molecule has 26 heavy (non-hydrogen) atoms. The number of rotatable bonds is 5. The predicted molar refractivity (Wildman–Crippen MR) is 94.2 cm³/mol. The Morgan fingerprint density at radius 2 is 2.08 bits per heavy atom. The molecule has 1 aliphatic rings. The van der Waals surface area contributed by atoms with Crippen LogP contribution in [0.25, 0.3) is 0 Å². The number of carbonyl (C=O) groups excluding carboxylic acids is 1. The van der Waals surface area contributed by atoms with Crippen LogP contribution in [0.5, 0.6) is 0 Å². The summed E-state index contributed by atoms with van der Waals surface area (Å²) in [6, 6.07) is 2.89. The SMILES string of the molecule is C[C@H]1C[C@@H](C(=O)Nc2cc(C(F)(F)F)ccc2SCC(F)F)CCN1.Cl. The van der Waals surface area contributed by atoms with Crippen LogP contribution in [-0.4, -0.2) is 30.7 Å². The van der Waals surface area contributed by atoms with Crippen molar-refractivity contribution < 1.29 is 26.7 Å². The Morgan fingerprint density at radius 3 is 2.65 bits per heavy atom. The molecule has 1 aromatic carbocycles. The molecular weight excluding hydrogens is 399 g/mol. The lowest BCUT2D eigenvalue weighted by molar-refractivity contribution is -0.137. The number of hydrogen-bond acceptors (Lipinski definition) is 3. The number of thioether (sulfide) groups is 1. The van der Waals surface area contributed by atoms with Gasteiger partial charge in [-0.05, 0) is 44.5 Å². The van der Waals surface area contributed by atoms with Gasteiger partial charge in [-0.15, -0.1) is 24.2 Å². The first-order valence-corrected chi connectivity index (χ1v) is 8.82. The van der Waals surface area contributed by atoms with E-state index in [4.69, 9.17) is 0 Å². The Kier molecular flexibility index (Phi) is 8.62. The molecule has 1 heterocycles. The summed E-state index contributed by atoms with van der Waals surface area (Å²) < 4.78 is 63.6. The third kappa shape index (κ3) is 6.59. The van der Waals surface area contributed by atoms with Crippen molar-refractivity contribution >= 4 is 35.8 Å². The lowest BCUT2D eigenvalue weighted by Gasteiger charge is -2.27. The summed E-state index contributed by atoms with van der Waals surface area (Å²) in [6.45, 7) is 2.57. The van der Waals surface area contributed by atoms with E-state index in [9.17, 15) is 26.7 Å². The van der Waals surface area contributed by atoms with Crippen molar-refractivity contribution in [2.24, 2.45) is 5.92 Å². The number of nitrogens with one attached hydrogen (secondary N) is 2. The summed E-state index contributed by atoms with van der Waals surface area (Å²) >= 11 is 0.719. The topological polar surface area (TPSA) is 41.1 Å². The monoisotopic (exact) mass is 418 g/mol. The Morgan fingerprint density at radius 1 is 1.38 bits per heavy atom. The molecule has 0 unspecified atom stereocenters. The molecule has 10 heteroatoms. The molecule has 0 aromatic heterocycles. The molecule has 0 bridgehead atoms. The number of carbonyl (C=O) groups is 1. The molecule has 0 radical (unpaired) electrons. The van der Waals surface area contributed by atoms with Gasteiger partial charge in [-0.25, -0.2) is 8.78 Å². The van der Waals surface area contributed by atoms with Gasteiger partial charge in [0.15, 0.2) is 0 Å². The Labute approximate surface area is 158 Å². The van der Waals surface area contributed by atoms with Gasteiger partial charge in [0.25, 0.3) is 0 Å². The van der Waals surface area contributed by atoms with Crippen molar-refractivity contribution in [2.45, 2.75) is 43.3 Å². The van der Waals surface area contributed by atoms with E-state index in [0.29, 0.717) is 19.4 Å². The molecule has 0 saturated carbocycles. The summed E-state index contributed by atoms with van der Waals surface area (Å²) in [7, 11) is 0. The molecule has 0 aliphatic carbocycles. The molecule has 1 saturated heterocycles. The minimum Gasteiger partial charge on any atom is -0.325 e. The lowest BCUT2D eigenvalue weighted by atomic mass is 9.92. The molecule has 148 valence electrons. The zero-order valence-electron chi connectivity index (χ0n) is 13.9. The smallest absolute Gasteiger partial charge is 0.325 e. The van der Waals surface area contributed by atoms with Crippen LogP contribution < -0.4 is 10.6 Å². The van der Waals surface area contributed by atoms with Gasteiger partial charge < -0.3 is 10.6 Å². The molecule has 3 nitrogen and oxygen atoms in total. The van der Waals surface area contributed by atoms with Gasteiger partial charge in [-0.1, -0.05) is 0 Å². The molecule has 1 amide bonds. The van der Waals surface area contributed by atoms with Gasteiger partial charge in [-0.3, -0.25) is 4.79 Å². The predicted octanol–water partition coefficient (Wildman–Crippen LogP) is 4.81. The third-order valence-corrected chi connectivity index (χ3v) is 5.01. The minimum absolute atomic E-state index is 0. The second-order valence-corrected chi connectivity index (χ2v) is 7.04. The number of hydrogen-bond donors (Lipinski definition) is 2. The van der Waals surface area contributed by atoms with Crippen LogP contribution in [0, 0.1) is 5.92 Å². The van der Waals surface area contributed by atoms with Crippen LogP contribution in [-0.2, 0) is 11.0 Å². The van der Waals surface area contributed by atoms with E-state index >= 15 is 0 Å². The first-order valence-electron chi connectivity index (χ1n) is 7.83.